The van der Waals surface area contributed by atoms with Gasteiger partial charge in [-0.2, -0.15) is 0 Å². The van der Waals surface area contributed by atoms with E-state index in [9.17, 15) is 17.2 Å². The van der Waals surface area contributed by atoms with Crippen molar-refractivity contribution in [1.29, 1.82) is 0 Å². The Labute approximate surface area is 127 Å². The van der Waals surface area contributed by atoms with Gasteiger partial charge in [-0.05, 0) is 19.0 Å². The molecule has 21 heavy (non-hydrogen) atoms. The average molecular weight is 342 g/mol. The molecule has 0 unspecified atom stereocenters. The molecule has 0 radical (unpaired) electrons. The van der Waals surface area contributed by atoms with Gasteiger partial charge in [0.15, 0.2) is 0 Å². The highest BCUT2D eigenvalue weighted by atomic mass is 32.2. The summed E-state index contributed by atoms with van der Waals surface area (Å²) in [5.41, 5.74) is 0. The zero-order valence-corrected chi connectivity index (χ0v) is 13.4. The number of hydrogen-bond acceptors (Lipinski definition) is 5. The fraction of sp³-hybridized carbons (Fsp3) is 0.667. The molecule has 122 valence electrons. The van der Waals surface area contributed by atoms with Crippen LogP contribution in [0.3, 0.4) is 0 Å². The van der Waals surface area contributed by atoms with Crippen molar-refractivity contribution in [2.45, 2.75) is 31.2 Å². The SMILES string of the molecule is CCCNCc1cc(S(=O)(=O)NCCOCC(F)F)cs1. The van der Waals surface area contributed by atoms with Crippen LogP contribution in [0, 0.1) is 0 Å². The van der Waals surface area contributed by atoms with Crippen molar-refractivity contribution >= 4 is 21.4 Å². The van der Waals surface area contributed by atoms with E-state index in [1.54, 1.807) is 11.4 Å². The Bertz CT molecular complexity index is 506. The minimum absolute atomic E-state index is 0.0334. The normalized spacial score (nSPS) is 12.2. The predicted molar refractivity (Wildman–Crippen MR) is 78.3 cm³/mol. The molecule has 5 nitrogen and oxygen atoms in total. The molecule has 0 saturated carbocycles. The summed E-state index contributed by atoms with van der Waals surface area (Å²) in [7, 11) is -3.61. The maximum Gasteiger partial charge on any atom is 0.261 e. The van der Waals surface area contributed by atoms with Gasteiger partial charge in [0.25, 0.3) is 6.43 Å². The molecule has 9 heteroatoms. The molecule has 0 aliphatic heterocycles. The van der Waals surface area contributed by atoms with Crippen LogP contribution in [0.15, 0.2) is 16.3 Å². The Hall–Kier alpha value is -0.610. The van der Waals surface area contributed by atoms with Crippen LogP contribution in [0.5, 0.6) is 0 Å². The molecule has 0 amide bonds. The van der Waals surface area contributed by atoms with Crippen molar-refractivity contribution in [3.05, 3.63) is 16.3 Å². The molecule has 0 saturated heterocycles. The van der Waals surface area contributed by atoms with Crippen LogP contribution in [0.25, 0.3) is 0 Å². The molecule has 0 aromatic carbocycles. The third kappa shape index (κ3) is 7.28. The van der Waals surface area contributed by atoms with E-state index < -0.39 is 23.1 Å². The molecule has 1 heterocycles. The van der Waals surface area contributed by atoms with Crippen molar-refractivity contribution in [3.63, 3.8) is 0 Å². The standard InChI is InChI=1S/C12H20F2N2O3S2/c1-2-3-15-7-10-6-11(9-20-10)21(17,18)16-4-5-19-8-12(13)14/h6,9,12,15-16H,2-5,7-8H2,1H3. The monoisotopic (exact) mass is 342 g/mol. The van der Waals surface area contributed by atoms with Gasteiger partial charge < -0.3 is 10.1 Å². The smallest absolute Gasteiger partial charge is 0.261 e. The number of sulfonamides is 1. The largest absolute Gasteiger partial charge is 0.374 e. The third-order valence-corrected chi connectivity index (χ3v) is 4.97. The molecule has 0 aliphatic rings. The zero-order valence-electron chi connectivity index (χ0n) is 11.8. The van der Waals surface area contributed by atoms with E-state index in [2.05, 4.69) is 21.7 Å². The molecule has 0 aliphatic carbocycles. The topological polar surface area (TPSA) is 67.4 Å². The second-order valence-corrected chi connectivity index (χ2v) is 7.05. The van der Waals surface area contributed by atoms with E-state index >= 15 is 0 Å². The molecule has 2 N–H and O–H groups in total. The lowest BCUT2D eigenvalue weighted by atomic mass is 10.4. The lowest BCUT2D eigenvalue weighted by Gasteiger charge is -2.06. The van der Waals surface area contributed by atoms with E-state index in [-0.39, 0.29) is 18.0 Å². The number of hydrogen-bond donors (Lipinski definition) is 2. The molecule has 1 rings (SSSR count). The maximum atomic E-state index is 11.9. The zero-order chi connectivity index (χ0) is 15.7. The van der Waals surface area contributed by atoms with Crippen LogP contribution in [0.2, 0.25) is 0 Å². The van der Waals surface area contributed by atoms with Gasteiger partial charge in [-0.15, -0.1) is 11.3 Å². The van der Waals surface area contributed by atoms with Crippen LogP contribution < -0.4 is 10.0 Å². The summed E-state index contributed by atoms with van der Waals surface area (Å²) in [6.45, 7) is 2.75. The maximum absolute atomic E-state index is 11.9. The number of ether oxygens (including phenoxy) is 1. The van der Waals surface area contributed by atoms with E-state index in [0.717, 1.165) is 17.8 Å². The Morgan fingerprint density at radius 3 is 2.81 bits per heavy atom. The molecule has 0 spiro atoms. The van der Waals surface area contributed by atoms with Gasteiger partial charge in [-0.25, -0.2) is 21.9 Å². The third-order valence-electron chi connectivity index (χ3n) is 2.45. The summed E-state index contributed by atoms with van der Waals surface area (Å²) in [4.78, 5) is 1.12. The summed E-state index contributed by atoms with van der Waals surface area (Å²) in [6, 6.07) is 1.61. The molecular formula is C12H20F2N2O3S2. The number of nitrogens with one attached hydrogen (secondary N) is 2. The van der Waals surface area contributed by atoms with Crippen molar-refractivity contribution in [2.75, 3.05) is 26.3 Å². The number of rotatable bonds is 11. The fourth-order valence-electron chi connectivity index (χ4n) is 1.49. The predicted octanol–water partition coefficient (Wildman–Crippen LogP) is 1.81. The van der Waals surface area contributed by atoms with Crippen LogP contribution in [-0.2, 0) is 21.3 Å². The molecule has 1 aromatic rings. The highest BCUT2D eigenvalue weighted by Crippen LogP contribution is 2.18. The molecule has 1 aromatic heterocycles. The Morgan fingerprint density at radius 1 is 1.38 bits per heavy atom. The van der Waals surface area contributed by atoms with Crippen molar-refractivity contribution in [1.82, 2.24) is 10.0 Å². The van der Waals surface area contributed by atoms with Gasteiger partial charge in [0, 0.05) is 23.3 Å². The first kappa shape index (κ1) is 18.4. The lowest BCUT2D eigenvalue weighted by molar-refractivity contribution is 0.0199. The number of thiophene rings is 1. The Kier molecular flexibility index (Phi) is 8.27. The van der Waals surface area contributed by atoms with Gasteiger partial charge >= 0.3 is 0 Å². The van der Waals surface area contributed by atoms with Gasteiger partial charge in [0.2, 0.25) is 10.0 Å². The number of halogens is 2. The van der Waals surface area contributed by atoms with Gasteiger partial charge in [0.05, 0.1) is 11.5 Å². The summed E-state index contributed by atoms with van der Waals surface area (Å²) in [5.74, 6) is 0. The van der Waals surface area contributed by atoms with Crippen LogP contribution >= 0.6 is 11.3 Å². The second kappa shape index (κ2) is 9.42. The molecular weight excluding hydrogens is 322 g/mol. The number of alkyl halides is 2. The summed E-state index contributed by atoms with van der Waals surface area (Å²) >= 11 is 1.36. The van der Waals surface area contributed by atoms with Crippen LogP contribution in [0.1, 0.15) is 18.2 Å². The quantitative estimate of drug-likeness (QED) is 0.602. The Morgan fingerprint density at radius 2 is 2.14 bits per heavy atom. The van der Waals surface area contributed by atoms with Crippen LogP contribution in [-0.4, -0.2) is 41.1 Å². The fourth-order valence-corrected chi connectivity index (χ4v) is 3.74. The summed E-state index contributed by atoms with van der Waals surface area (Å²) in [6.07, 6.45) is -1.53. The average Bonchev–Trinajstić information content (AvgIpc) is 2.88. The first-order valence-corrected chi connectivity index (χ1v) is 8.95. The van der Waals surface area contributed by atoms with Crippen LogP contribution in [0.4, 0.5) is 8.78 Å². The minimum Gasteiger partial charge on any atom is -0.374 e. The van der Waals surface area contributed by atoms with E-state index in [0.29, 0.717) is 6.54 Å². The first-order valence-electron chi connectivity index (χ1n) is 6.59. The first-order chi connectivity index (χ1) is 9.95. The Balaban J connectivity index is 2.39. The summed E-state index contributed by atoms with van der Waals surface area (Å²) in [5, 5.41) is 4.75. The van der Waals surface area contributed by atoms with Gasteiger partial charge in [-0.3, -0.25) is 0 Å². The van der Waals surface area contributed by atoms with Crippen molar-refractivity contribution in [2.24, 2.45) is 0 Å². The highest BCUT2D eigenvalue weighted by Gasteiger charge is 2.15. The second-order valence-electron chi connectivity index (χ2n) is 4.29. The lowest BCUT2D eigenvalue weighted by Crippen LogP contribution is -2.27. The van der Waals surface area contributed by atoms with E-state index in [1.165, 1.54) is 11.3 Å². The minimum atomic E-state index is -3.61. The van der Waals surface area contributed by atoms with Gasteiger partial charge in [-0.1, -0.05) is 6.92 Å². The molecule has 0 bridgehead atoms. The van der Waals surface area contributed by atoms with Gasteiger partial charge in [0.1, 0.15) is 6.61 Å². The molecule has 0 atom stereocenters. The highest BCUT2D eigenvalue weighted by molar-refractivity contribution is 7.89. The molecule has 0 fully saturated rings. The van der Waals surface area contributed by atoms with E-state index in [1.807, 2.05) is 0 Å². The van der Waals surface area contributed by atoms with Crippen molar-refractivity contribution in [3.8, 4) is 0 Å². The van der Waals surface area contributed by atoms with Crippen molar-refractivity contribution < 1.29 is 21.9 Å². The van der Waals surface area contributed by atoms with E-state index in [4.69, 9.17) is 0 Å². The summed E-state index contributed by atoms with van der Waals surface area (Å²) < 4.78 is 54.5.